The Labute approximate surface area is 147 Å². The molecule has 0 aliphatic rings. The van der Waals surface area contributed by atoms with Gasteiger partial charge in [-0.1, -0.05) is 19.9 Å². The topological polar surface area (TPSA) is 118 Å². The Morgan fingerprint density at radius 1 is 1.20 bits per heavy atom. The zero-order chi connectivity index (χ0) is 18.6. The van der Waals surface area contributed by atoms with Gasteiger partial charge >= 0.3 is 0 Å². The Balaban J connectivity index is 2.37. The van der Waals surface area contributed by atoms with E-state index in [1.807, 2.05) is 0 Å². The smallest absolute Gasteiger partial charge is 0.278 e. The van der Waals surface area contributed by atoms with Gasteiger partial charge in [-0.3, -0.25) is 4.79 Å². The number of aryl methyl sites for hydroxylation is 1. The van der Waals surface area contributed by atoms with Crippen molar-refractivity contribution < 1.29 is 13.2 Å². The molecule has 25 heavy (non-hydrogen) atoms. The largest absolute Gasteiger partial charge is 0.382 e. The predicted molar refractivity (Wildman–Crippen MR) is 95.7 cm³/mol. The lowest BCUT2D eigenvalue weighted by Crippen LogP contribution is -2.31. The van der Waals surface area contributed by atoms with Crippen LogP contribution in [0.4, 0.5) is 11.5 Å². The summed E-state index contributed by atoms with van der Waals surface area (Å²) in [6, 6.07) is 4.71. The van der Waals surface area contributed by atoms with Crippen molar-refractivity contribution in [3.8, 4) is 0 Å². The van der Waals surface area contributed by atoms with Crippen LogP contribution in [0, 0.1) is 6.92 Å². The maximum Gasteiger partial charge on any atom is 0.278 e. The molecule has 2 aromatic rings. The van der Waals surface area contributed by atoms with E-state index in [1.165, 1.54) is 22.8 Å². The molecule has 0 aliphatic heterocycles. The van der Waals surface area contributed by atoms with E-state index in [2.05, 4.69) is 15.3 Å². The molecule has 0 radical (unpaired) electrons. The van der Waals surface area contributed by atoms with Gasteiger partial charge in [0.15, 0.2) is 11.5 Å². The Hall–Kier alpha value is -2.52. The third-order valence-corrected chi connectivity index (χ3v) is 5.90. The molecule has 1 heterocycles. The summed E-state index contributed by atoms with van der Waals surface area (Å²) in [5.74, 6) is -0.552. The highest BCUT2D eigenvalue weighted by Crippen LogP contribution is 2.24. The molecule has 1 aromatic heterocycles. The molecule has 0 saturated heterocycles. The van der Waals surface area contributed by atoms with Gasteiger partial charge in [-0.05, 0) is 24.6 Å². The van der Waals surface area contributed by atoms with Crippen molar-refractivity contribution in [2.75, 3.05) is 24.1 Å². The van der Waals surface area contributed by atoms with E-state index in [-0.39, 0.29) is 16.4 Å². The van der Waals surface area contributed by atoms with Crippen LogP contribution in [-0.2, 0) is 10.0 Å². The maximum atomic E-state index is 12.7. The number of nitrogens with two attached hydrogens (primary N) is 1. The van der Waals surface area contributed by atoms with Crippen LogP contribution in [-0.4, -0.2) is 41.7 Å². The number of nitrogens with zero attached hydrogens (tertiary/aromatic N) is 3. The summed E-state index contributed by atoms with van der Waals surface area (Å²) in [5.41, 5.74) is 6.56. The molecule has 2 rings (SSSR count). The fraction of sp³-hybridized carbons (Fsp3) is 0.312. The Kier molecular flexibility index (Phi) is 5.70. The van der Waals surface area contributed by atoms with Gasteiger partial charge < -0.3 is 11.1 Å². The summed E-state index contributed by atoms with van der Waals surface area (Å²) in [6.45, 7) is 6.00. The molecule has 0 spiro atoms. The number of hydrogen-bond acceptors (Lipinski definition) is 6. The lowest BCUT2D eigenvalue weighted by molar-refractivity contribution is 0.102. The number of rotatable bonds is 6. The highest BCUT2D eigenvalue weighted by atomic mass is 32.2. The van der Waals surface area contributed by atoms with Crippen molar-refractivity contribution in [1.29, 1.82) is 0 Å². The number of carbonyl (C=O) groups excluding carboxylic acids is 1. The Morgan fingerprint density at radius 3 is 2.44 bits per heavy atom. The first-order valence-corrected chi connectivity index (χ1v) is 9.23. The van der Waals surface area contributed by atoms with Crippen molar-refractivity contribution in [2.45, 2.75) is 25.7 Å². The first-order chi connectivity index (χ1) is 11.8. The minimum Gasteiger partial charge on any atom is -0.382 e. The van der Waals surface area contributed by atoms with Crippen molar-refractivity contribution in [3.63, 3.8) is 0 Å². The second kappa shape index (κ2) is 7.58. The number of anilines is 2. The third-order valence-electron chi connectivity index (χ3n) is 3.71. The van der Waals surface area contributed by atoms with Crippen molar-refractivity contribution in [2.24, 2.45) is 0 Å². The van der Waals surface area contributed by atoms with E-state index in [0.717, 1.165) is 0 Å². The predicted octanol–water partition coefficient (Wildman–Crippen LogP) is 1.65. The van der Waals surface area contributed by atoms with Crippen LogP contribution < -0.4 is 11.1 Å². The Morgan fingerprint density at radius 2 is 1.84 bits per heavy atom. The fourth-order valence-corrected chi connectivity index (χ4v) is 4.08. The van der Waals surface area contributed by atoms with Crippen LogP contribution in [0.1, 0.15) is 29.9 Å². The van der Waals surface area contributed by atoms with Gasteiger partial charge in [0, 0.05) is 31.2 Å². The lowest BCUT2D eigenvalue weighted by atomic mass is 10.2. The zero-order valence-electron chi connectivity index (χ0n) is 14.4. The molecule has 9 heteroatoms. The normalized spacial score (nSPS) is 11.5. The summed E-state index contributed by atoms with van der Waals surface area (Å²) >= 11 is 0. The molecule has 0 atom stereocenters. The monoisotopic (exact) mass is 363 g/mol. The van der Waals surface area contributed by atoms with Crippen molar-refractivity contribution >= 4 is 27.4 Å². The van der Waals surface area contributed by atoms with Gasteiger partial charge in [0.2, 0.25) is 10.0 Å². The van der Waals surface area contributed by atoms with E-state index in [0.29, 0.717) is 24.3 Å². The summed E-state index contributed by atoms with van der Waals surface area (Å²) in [5, 5.41) is 2.61. The van der Waals surface area contributed by atoms with E-state index in [4.69, 9.17) is 5.73 Å². The van der Waals surface area contributed by atoms with Gasteiger partial charge in [0.05, 0.1) is 4.90 Å². The van der Waals surface area contributed by atoms with E-state index in [1.54, 1.807) is 32.9 Å². The average Bonchev–Trinajstić information content (AvgIpc) is 2.57. The lowest BCUT2D eigenvalue weighted by Gasteiger charge is -2.20. The van der Waals surface area contributed by atoms with Gasteiger partial charge in [0.1, 0.15) is 0 Å². The van der Waals surface area contributed by atoms with Crippen molar-refractivity contribution in [3.05, 3.63) is 41.9 Å². The van der Waals surface area contributed by atoms with Crippen LogP contribution in [0.3, 0.4) is 0 Å². The summed E-state index contributed by atoms with van der Waals surface area (Å²) in [4.78, 5) is 20.1. The number of hydrogen-bond donors (Lipinski definition) is 2. The first-order valence-electron chi connectivity index (χ1n) is 7.79. The van der Waals surface area contributed by atoms with Crippen LogP contribution in [0.15, 0.2) is 35.5 Å². The number of benzene rings is 1. The van der Waals surface area contributed by atoms with E-state index >= 15 is 0 Å². The molecular weight excluding hydrogens is 342 g/mol. The first kappa shape index (κ1) is 18.8. The molecule has 134 valence electrons. The van der Waals surface area contributed by atoms with Gasteiger partial charge in [-0.15, -0.1) is 0 Å². The Bertz CT molecular complexity index is 879. The van der Waals surface area contributed by atoms with Crippen LogP contribution in [0.5, 0.6) is 0 Å². The van der Waals surface area contributed by atoms with Crippen LogP contribution in [0.2, 0.25) is 0 Å². The highest BCUT2D eigenvalue weighted by Gasteiger charge is 2.24. The minimum atomic E-state index is -3.63. The molecule has 8 nitrogen and oxygen atoms in total. The van der Waals surface area contributed by atoms with E-state index in [9.17, 15) is 13.2 Å². The van der Waals surface area contributed by atoms with Gasteiger partial charge in [0.25, 0.3) is 5.91 Å². The second-order valence-electron chi connectivity index (χ2n) is 5.31. The molecule has 0 saturated carbocycles. The van der Waals surface area contributed by atoms with Crippen molar-refractivity contribution in [1.82, 2.24) is 14.3 Å². The van der Waals surface area contributed by atoms with Gasteiger partial charge in [-0.2, -0.15) is 4.31 Å². The molecule has 0 unspecified atom stereocenters. The summed E-state index contributed by atoms with van der Waals surface area (Å²) in [7, 11) is -3.63. The van der Waals surface area contributed by atoms with E-state index < -0.39 is 15.9 Å². The number of nitrogen functional groups attached to an aromatic ring is 1. The third kappa shape index (κ3) is 3.94. The molecular formula is C16H21N5O3S. The molecule has 1 aromatic carbocycles. The zero-order valence-corrected chi connectivity index (χ0v) is 15.2. The fourth-order valence-electron chi connectivity index (χ4n) is 2.37. The SMILES string of the molecule is CCN(CC)S(=O)(=O)c1cc(NC(=O)c2nccnc2N)ccc1C. The quantitative estimate of drug-likeness (QED) is 0.805. The molecule has 1 amide bonds. The van der Waals surface area contributed by atoms with Crippen LogP contribution in [0.25, 0.3) is 0 Å². The number of aromatic nitrogens is 2. The summed E-state index contributed by atoms with van der Waals surface area (Å²) in [6.07, 6.45) is 2.74. The minimum absolute atomic E-state index is 0.00287. The maximum absolute atomic E-state index is 12.7. The highest BCUT2D eigenvalue weighted by molar-refractivity contribution is 7.89. The number of amides is 1. The van der Waals surface area contributed by atoms with Crippen LogP contribution >= 0.6 is 0 Å². The number of sulfonamides is 1. The second-order valence-corrected chi connectivity index (χ2v) is 7.22. The number of carbonyl (C=O) groups is 1. The number of nitrogens with one attached hydrogen (secondary N) is 1. The molecule has 0 aliphatic carbocycles. The average molecular weight is 363 g/mol. The summed E-state index contributed by atoms with van der Waals surface area (Å²) < 4.78 is 26.9. The standard InChI is InChI=1S/C16H21N5O3S/c1-4-21(5-2)25(23,24)13-10-12(7-6-11(13)3)20-16(22)14-15(17)19-9-8-18-14/h6-10H,4-5H2,1-3H3,(H2,17,19)(H,20,22). The van der Waals surface area contributed by atoms with Gasteiger partial charge in [-0.25, -0.2) is 18.4 Å². The molecule has 0 bridgehead atoms. The molecule has 3 N–H and O–H groups in total. The molecule has 0 fully saturated rings.